The van der Waals surface area contributed by atoms with Crippen molar-refractivity contribution in [3.63, 3.8) is 0 Å². The molecule has 5 heteroatoms. The van der Waals surface area contributed by atoms with Gasteiger partial charge in [0, 0.05) is 34.2 Å². The Bertz CT molecular complexity index is 710. The molecule has 0 saturated heterocycles. The Labute approximate surface area is 124 Å². The van der Waals surface area contributed by atoms with Crippen LogP contribution in [0.15, 0.2) is 59.6 Å². The van der Waals surface area contributed by atoms with Crippen LogP contribution in [0.25, 0.3) is 16.8 Å². The van der Waals surface area contributed by atoms with Gasteiger partial charge < -0.3 is 0 Å². The molecule has 1 aromatic carbocycles. The Kier molecular flexibility index (Phi) is 3.36. The van der Waals surface area contributed by atoms with Crippen molar-refractivity contribution in [1.29, 1.82) is 0 Å². The van der Waals surface area contributed by atoms with Crippen molar-refractivity contribution in [3.05, 3.63) is 64.6 Å². The van der Waals surface area contributed by atoms with Gasteiger partial charge in [-0.15, -0.1) is 0 Å². The first kappa shape index (κ1) is 12.4. The molecule has 0 N–H and O–H groups in total. The first-order valence-corrected chi connectivity index (χ1v) is 6.81. The van der Waals surface area contributed by atoms with E-state index in [-0.39, 0.29) is 0 Å². The van der Waals surface area contributed by atoms with Crippen LogP contribution < -0.4 is 0 Å². The molecule has 0 aliphatic rings. The second-order valence-corrected chi connectivity index (χ2v) is 5.28. The van der Waals surface area contributed by atoms with Gasteiger partial charge in [0.15, 0.2) is 0 Å². The molecular formula is C14H9BrClN3. The normalized spacial score (nSPS) is 10.6. The van der Waals surface area contributed by atoms with E-state index in [1.54, 1.807) is 6.20 Å². The molecule has 94 valence electrons. The summed E-state index contributed by atoms with van der Waals surface area (Å²) in [5.41, 5.74) is 3.02. The zero-order chi connectivity index (χ0) is 13.2. The van der Waals surface area contributed by atoms with Crippen LogP contribution in [0.1, 0.15) is 0 Å². The van der Waals surface area contributed by atoms with E-state index in [1.165, 1.54) is 0 Å². The second-order valence-electron chi connectivity index (χ2n) is 4.01. The summed E-state index contributed by atoms with van der Waals surface area (Å²) in [6.45, 7) is 0. The summed E-state index contributed by atoms with van der Waals surface area (Å²) in [7, 11) is 0. The van der Waals surface area contributed by atoms with Crippen LogP contribution >= 0.6 is 27.5 Å². The van der Waals surface area contributed by atoms with Crippen LogP contribution in [-0.2, 0) is 0 Å². The predicted molar refractivity (Wildman–Crippen MR) is 79.5 cm³/mol. The fourth-order valence-corrected chi connectivity index (χ4v) is 2.26. The van der Waals surface area contributed by atoms with Crippen LogP contribution in [-0.4, -0.2) is 14.8 Å². The monoisotopic (exact) mass is 333 g/mol. The van der Waals surface area contributed by atoms with E-state index in [0.29, 0.717) is 5.02 Å². The molecule has 2 aromatic heterocycles. The molecule has 0 amide bonds. The van der Waals surface area contributed by atoms with Crippen molar-refractivity contribution in [2.24, 2.45) is 0 Å². The first-order chi connectivity index (χ1) is 9.24. The zero-order valence-electron chi connectivity index (χ0n) is 9.79. The van der Waals surface area contributed by atoms with E-state index in [0.717, 1.165) is 21.3 Å². The molecule has 0 bridgehead atoms. The van der Waals surface area contributed by atoms with Gasteiger partial charge in [0.05, 0.1) is 16.9 Å². The Balaban J connectivity index is 1.99. The summed E-state index contributed by atoms with van der Waals surface area (Å²) >= 11 is 9.40. The van der Waals surface area contributed by atoms with E-state index in [9.17, 15) is 0 Å². The van der Waals surface area contributed by atoms with E-state index in [4.69, 9.17) is 11.6 Å². The highest BCUT2D eigenvalue weighted by atomic mass is 79.9. The third-order valence-corrected chi connectivity index (χ3v) is 3.96. The number of pyridine rings is 1. The van der Waals surface area contributed by atoms with Gasteiger partial charge in [-0.25, -0.2) is 4.68 Å². The predicted octanol–water partition coefficient (Wildman–Crippen LogP) is 4.35. The van der Waals surface area contributed by atoms with Crippen LogP contribution in [0.3, 0.4) is 0 Å². The first-order valence-electron chi connectivity index (χ1n) is 5.64. The van der Waals surface area contributed by atoms with Crippen molar-refractivity contribution < 1.29 is 0 Å². The molecule has 3 nitrogen and oxygen atoms in total. The van der Waals surface area contributed by atoms with Crippen LogP contribution in [0.2, 0.25) is 5.02 Å². The van der Waals surface area contributed by atoms with E-state index >= 15 is 0 Å². The Hall–Kier alpha value is -1.65. The average molecular weight is 335 g/mol. The minimum atomic E-state index is 0.684. The van der Waals surface area contributed by atoms with Gasteiger partial charge in [0.2, 0.25) is 0 Å². The van der Waals surface area contributed by atoms with E-state index in [2.05, 4.69) is 26.0 Å². The molecule has 0 radical (unpaired) electrons. The zero-order valence-corrected chi connectivity index (χ0v) is 12.1. The summed E-state index contributed by atoms with van der Waals surface area (Å²) in [6.07, 6.45) is 7.36. The summed E-state index contributed by atoms with van der Waals surface area (Å²) in [6, 6.07) is 9.61. The van der Waals surface area contributed by atoms with Crippen molar-refractivity contribution in [3.8, 4) is 16.8 Å². The van der Waals surface area contributed by atoms with Crippen molar-refractivity contribution in [2.45, 2.75) is 0 Å². The molecule has 0 atom stereocenters. The summed E-state index contributed by atoms with van der Waals surface area (Å²) in [5.74, 6) is 0. The minimum Gasteiger partial charge on any atom is -0.264 e. The lowest BCUT2D eigenvalue weighted by molar-refractivity contribution is 0.880. The summed E-state index contributed by atoms with van der Waals surface area (Å²) < 4.78 is 2.66. The molecular weight excluding hydrogens is 326 g/mol. The lowest BCUT2D eigenvalue weighted by atomic mass is 10.2. The Morgan fingerprint density at radius 1 is 1.11 bits per heavy atom. The number of nitrogens with zero attached hydrogens (tertiary/aromatic N) is 3. The quantitative estimate of drug-likeness (QED) is 0.697. The molecule has 0 unspecified atom stereocenters. The molecule has 0 aliphatic carbocycles. The third-order valence-electron chi connectivity index (χ3n) is 2.75. The maximum atomic E-state index is 5.98. The fourth-order valence-electron chi connectivity index (χ4n) is 1.77. The smallest absolute Gasteiger partial charge is 0.0658 e. The maximum Gasteiger partial charge on any atom is 0.0658 e. The van der Waals surface area contributed by atoms with Gasteiger partial charge in [0.25, 0.3) is 0 Å². The molecule has 3 rings (SSSR count). The standard InChI is InChI=1S/C14H9BrClN3/c15-13-6-12(3-4-14(13)16)19-9-11(8-18-19)10-2-1-5-17-7-10/h1-9H. The Morgan fingerprint density at radius 2 is 2.00 bits per heavy atom. The van der Waals surface area contributed by atoms with Gasteiger partial charge in [-0.2, -0.15) is 5.10 Å². The third kappa shape index (κ3) is 2.55. The van der Waals surface area contributed by atoms with Gasteiger partial charge >= 0.3 is 0 Å². The average Bonchev–Trinajstić information content (AvgIpc) is 2.93. The SMILES string of the molecule is Clc1ccc(-n2cc(-c3cccnc3)cn2)cc1Br. The largest absolute Gasteiger partial charge is 0.264 e. The molecule has 3 aromatic rings. The van der Waals surface area contributed by atoms with Gasteiger partial charge in [0.1, 0.15) is 0 Å². The molecule has 19 heavy (non-hydrogen) atoms. The van der Waals surface area contributed by atoms with Gasteiger partial charge in [-0.1, -0.05) is 17.7 Å². The maximum absolute atomic E-state index is 5.98. The molecule has 2 heterocycles. The van der Waals surface area contributed by atoms with Gasteiger partial charge in [-0.05, 0) is 40.2 Å². The van der Waals surface area contributed by atoms with Crippen molar-refractivity contribution in [2.75, 3.05) is 0 Å². The minimum absolute atomic E-state index is 0.684. The highest BCUT2D eigenvalue weighted by Gasteiger charge is 2.05. The topological polar surface area (TPSA) is 30.7 Å². The van der Waals surface area contributed by atoms with Crippen LogP contribution in [0.4, 0.5) is 0 Å². The highest BCUT2D eigenvalue weighted by molar-refractivity contribution is 9.10. The Morgan fingerprint density at radius 3 is 2.74 bits per heavy atom. The summed E-state index contributed by atoms with van der Waals surface area (Å²) in [4.78, 5) is 4.11. The van der Waals surface area contributed by atoms with Crippen LogP contribution in [0.5, 0.6) is 0 Å². The van der Waals surface area contributed by atoms with Gasteiger partial charge in [-0.3, -0.25) is 4.98 Å². The second kappa shape index (κ2) is 5.15. The highest BCUT2D eigenvalue weighted by Crippen LogP contribution is 2.26. The lowest BCUT2D eigenvalue weighted by Gasteiger charge is -2.02. The number of hydrogen-bond acceptors (Lipinski definition) is 2. The molecule has 0 spiro atoms. The van der Waals surface area contributed by atoms with E-state index in [1.807, 2.05) is 53.6 Å². The molecule has 0 fully saturated rings. The summed E-state index contributed by atoms with van der Waals surface area (Å²) in [5, 5.41) is 5.04. The van der Waals surface area contributed by atoms with Crippen LogP contribution in [0, 0.1) is 0 Å². The number of hydrogen-bond donors (Lipinski definition) is 0. The number of rotatable bonds is 2. The van der Waals surface area contributed by atoms with Crippen molar-refractivity contribution >= 4 is 27.5 Å². The van der Waals surface area contributed by atoms with Crippen molar-refractivity contribution in [1.82, 2.24) is 14.8 Å². The fraction of sp³-hybridized carbons (Fsp3) is 0. The number of aromatic nitrogens is 3. The molecule has 0 aliphatic heterocycles. The van der Waals surface area contributed by atoms with E-state index < -0.39 is 0 Å². The molecule has 0 saturated carbocycles. The lowest BCUT2D eigenvalue weighted by Crippen LogP contribution is -1.93. The number of benzene rings is 1. The number of halogens is 2.